The Labute approximate surface area is 181 Å². The Morgan fingerprint density at radius 3 is 2.60 bits per heavy atom. The minimum absolute atomic E-state index is 0.149. The van der Waals surface area contributed by atoms with E-state index >= 15 is 0 Å². The van der Waals surface area contributed by atoms with Crippen molar-refractivity contribution in [3.05, 3.63) is 68.0 Å². The van der Waals surface area contributed by atoms with Gasteiger partial charge in [0.2, 0.25) is 5.91 Å². The summed E-state index contributed by atoms with van der Waals surface area (Å²) < 4.78 is 1.55. The van der Waals surface area contributed by atoms with Crippen LogP contribution in [-0.2, 0) is 4.79 Å². The van der Waals surface area contributed by atoms with Gasteiger partial charge in [-0.3, -0.25) is 24.3 Å². The molecule has 8 nitrogen and oxygen atoms in total. The first kappa shape index (κ1) is 21.8. The molecule has 1 heterocycles. The third kappa shape index (κ3) is 4.47. The van der Waals surface area contributed by atoms with Gasteiger partial charge >= 0.3 is 0 Å². The molecule has 1 atom stereocenters. The average Bonchev–Trinajstić information content (AvgIpc) is 2.69. The third-order valence-corrected chi connectivity index (χ3v) is 5.76. The molecule has 1 amide bonds. The smallest absolute Gasteiger partial charge is 0.271 e. The van der Waals surface area contributed by atoms with Crippen molar-refractivity contribution in [1.82, 2.24) is 9.55 Å². The molecule has 3 rings (SSSR count). The number of anilines is 1. The summed E-state index contributed by atoms with van der Waals surface area (Å²) in [6.45, 7) is 5.41. The fourth-order valence-corrected chi connectivity index (χ4v) is 4.04. The minimum Gasteiger partial charge on any atom is -0.324 e. The second-order valence-corrected chi connectivity index (χ2v) is 8.57. The molecule has 30 heavy (non-hydrogen) atoms. The molecule has 0 fully saturated rings. The standard InChI is InChI=1S/C20H19ClN4O4S/c1-11(2)24-19(27)14-6-4-5-7-16(14)23-20(24)30-12(3)18(26)22-17-10-13(25(28)29)8-9-15(17)21/h4-12H,1-3H3,(H,22,26)/t12-/m1/s1. The van der Waals surface area contributed by atoms with Gasteiger partial charge in [-0.1, -0.05) is 35.5 Å². The monoisotopic (exact) mass is 446 g/mol. The molecule has 3 aromatic rings. The minimum atomic E-state index is -0.640. The number of benzene rings is 2. The number of non-ortho nitro benzene ring substituents is 1. The van der Waals surface area contributed by atoms with E-state index < -0.39 is 16.1 Å². The van der Waals surface area contributed by atoms with Crippen molar-refractivity contribution >= 4 is 51.5 Å². The van der Waals surface area contributed by atoms with E-state index in [0.29, 0.717) is 16.1 Å². The second-order valence-electron chi connectivity index (χ2n) is 6.85. The van der Waals surface area contributed by atoms with Gasteiger partial charge in [-0.2, -0.15) is 0 Å². The van der Waals surface area contributed by atoms with Gasteiger partial charge in [0.1, 0.15) is 0 Å². The lowest BCUT2D eigenvalue weighted by Crippen LogP contribution is -2.28. The lowest BCUT2D eigenvalue weighted by Gasteiger charge is -2.18. The Bertz CT molecular complexity index is 1200. The van der Waals surface area contributed by atoms with Crippen LogP contribution in [0.4, 0.5) is 11.4 Å². The number of nitrogens with one attached hydrogen (secondary N) is 1. The first-order chi connectivity index (χ1) is 14.2. The number of halogens is 1. The molecule has 1 N–H and O–H groups in total. The third-order valence-electron chi connectivity index (χ3n) is 4.36. The van der Waals surface area contributed by atoms with Crippen LogP contribution in [0.15, 0.2) is 52.4 Å². The summed E-state index contributed by atoms with van der Waals surface area (Å²) >= 11 is 7.19. The molecule has 0 saturated carbocycles. The molecule has 0 saturated heterocycles. The summed E-state index contributed by atoms with van der Waals surface area (Å²) in [5.41, 5.74) is 0.347. The molecule has 0 aliphatic heterocycles. The van der Waals surface area contributed by atoms with Crippen LogP contribution < -0.4 is 10.9 Å². The van der Waals surface area contributed by atoms with E-state index in [4.69, 9.17) is 11.6 Å². The predicted octanol–water partition coefficient (Wildman–Crippen LogP) is 4.66. The van der Waals surface area contributed by atoms with Crippen LogP contribution in [0.1, 0.15) is 26.8 Å². The van der Waals surface area contributed by atoms with Crippen molar-refractivity contribution in [3.63, 3.8) is 0 Å². The van der Waals surface area contributed by atoms with E-state index in [9.17, 15) is 19.7 Å². The molecule has 0 unspecified atom stereocenters. The molecule has 156 valence electrons. The molecular formula is C20H19ClN4O4S. The number of amides is 1. The highest BCUT2D eigenvalue weighted by molar-refractivity contribution is 8.00. The van der Waals surface area contributed by atoms with Crippen molar-refractivity contribution in [1.29, 1.82) is 0 Å². The number of rotatable bonds is 6. The van der Waals surface area contributed by atoms with Gasteiger partial charge in [-0.25, -0.2) is 4.98 Å². The SMILES string of the molecule is CC(C)n1c(S[C@H](C)C(=O)Nc2cc([N+](=O)[O-])ccc2Cl)nc2ccccc2c1=O. The first-order valence-electron chi connectivity index (χ1n) is 9.11. The zero-order chi connectivity index (χ0) is 22.0. The van der Waals surface area contributed by atoms with E-state index in [-0.39, 0.29) is 28.0 Å². The highest BCUT2D eigenvalue weighted by atomic mass is 35.5. The van der Waals surface area contributed by atoms with Gasteiger partial charge < -0.3 is 5.32 Å². The zero-order valence-corrected chi connectivity index (χ0v) is 18.0. The molecule has 0 aliphatic rings. The van der Waals surface area contributed by atoms with Gasteiger partial charge in [0.15, 0.2) is 5.16 Å². The zero-order valence-electron chi connectivity index (χ0n) is 16.5. The molecule has 2 aromatic carbocycles. The van der Waals surface area contributed by atoms with Crippen LogP contribution in [-0.4, -0.2) is 25.6 Å². The topological polar surface area (TPSA) is 107 Å². The number of hydrogen-bond donors (Lipinski definition) is 1. The number of hydrogen-bond acceptors (Lipinski definition) is 6. The fourth-order valence-electron chi connectivity index (χ4n) is 2.83. The van der Waals surface area contributed by atoms with Gasteiger partial charge in [0, 0.05) is 18.2 Å². The summed E-state index contributed by atoms with van der Waals surface area (Å²) in [4.78, 5) is 40.6. The van der Waals surface area contributed by atoms with Crippen LogP contribution in [0, 0.1) is 10.1 Å². The number of nitrogens with zero attached hydrogens (tertiary/aromatic N) is 3. The predicted molar refractivity (Wildman–Crippen MR) is 118 cm³/mol. The van der Waals surface area contributed by atoms with Gasteiger partial charge in [0.25, 0.3) is 11.2 Å². The Balaban J connectivity index is 1.90. The largest absolute Gasteiger partial charge is 0.324 e. The Morgan fingerprint density at radius 2 is 1.93 bits per heavy atom. The number of nitro benzene ring substituents is 1. The Hall–Kier alpha value is -2.91. The van der Waals surface area contributed by atoms with Gasteiger partial charge in [0.05, 0.1) is 31.8 Å². The van der Waals surface area contributed by atoms with Crippen molar-refractivity contribution in [2.45, 2.75) is 37.2 Å². The number of carbonyl (C=O) groups is 1. The summed E-state index contributed by atoms with van der Waals surface area (Å²) in [5.74, 6) is -0.417. The van der Waals surface area contributed by atoms with E-state index in [0.717, 1.165) is 11.8 Å². The maximum atomic E-state index is 12.9. The normalized spacial score (nSPS) is 12.2. The lowest BCUT2D eigenvalue weighted by atomic mass is 10.2. The maximum Gasteiger partial charge on any atom is 0.271 e. The van der Waals surface area contributed by atoms with Crippen LogP contribution in [0.3, 0.4) is 0 Å². The average molecular weight is 447 g/mol. The quantitative estimate of drug-likeness (QED) is 0.255. The molecule has 0 radical (unpaired) electrons. The lowest BCUT2D eigenvalue weighted by molar-refractivity contribution is -0.384. The number of fused-ring (bicyclic) bond motifs is 1. The van der Waals surface area contributed by atoms with E-state index in [2.05, 4.69) is 10.3 Å². The summed E-state index contributed by atoms with van der Waals surface area (Å²) in [7, 11) is 0. The first-order valence-corrected chi connectivity index (χ1v) is 10.4. The number of thioether (sulfide) groups is 1. The Morgan fingerprint density at radius 1 is 1.23 bits per heavy atom. The number of para-hydroxylation sites is 1. The molecule has 0 spiro atoms. The Kier molecular flexibility index (Phi) is 6.42. The van der Waals surface area contributed by atoms with Gasteiger partial charge in [-0.15, -0.1) is 0 Å². The highest BCUT2D eigenvalue weighted by Gasteiger charge is 2.22. The molecule has 0 aliphatic carbocycles. The number of aromatic nitrogens is 2. The molecular weight excluding hydrogens is 428 g/mol. The molecule has 0 bridgehead atoms. The summed E-state index contributed by atoms with van der Waals surface area (Å²) in [5, 5.41) is 14.1. The summed E-state index contributed by atoms with van der Waals surface area (Å²) in [6.07, 6.45) is 0. The maximum absolute atomic E-state index is 12.9. The fraction of sp³-hybridized carbons (Fsp3) is 0.250. The molecule has 10 heteroatoms. The number of nitro groups is 1. The van der Waals surface area contributed by atoms with Crippen LogP contribution >= 0.6 is 23.4 Å². The summed E-state index contributed by atoms with van der Waals surface area (Å²) in [6, 6.07) is 10.7. The highest BCUT2D eigenvalue weighted by Crippen LogP contribution is 2.29. The van der Waals surface area contributed by atoms with E-state index in [1.165, 1.54) is 18.2 Å². The van der Waals surface area contributed by atoms with E-state index in [1.807, 2.05) is 13.8 Å². The van der Waals surface area contributed by atoms with Crippen molar-refractivity contribution in [3.8, 4) is 0 Å². The van der Waals surface area contributed by atoms with Crippen LogP contribution in [0.5, 0.6) is 0 Å². The molecule has 1 aromatic heterocycles. The second kappa shape index (κ2) is 8.85. The van der Waals surface area contributed by atoms with Crippen molar-refractivity contribution < 1.29 is 9.72 Å². The number of carbonyl (C=O) groups excluding carboxylic acids is 1. The van der Waals surface area contributed by atoms with Crippen molar-refractivity contribution in [2.75, 3.05) is 5.32 Å². The van der Waals surface area contributed by atoms with Crippen molar-refractivity contribution in [2.24, 2.45) is 0 Å². The van der Waals surface area contributed by atoms with Crippen LogP contribution in [0.2, 0.25) is 5.02 Å². The van der Waals surface area contributed by atoms with Gasteiger partial charge in [-0.05, 0) is 39.0 Å². The van der Waals surface area contributed by atoms with E-state index in [1.54, 1.807) is 35.8 Å². The van der Waals surface area contributed by atoms with Crippen LogP contribution in [0.25, 0.3) is 10.9 Å².